The maximum absolute atomic E-state index is 12.3. The summed E-state index contributed by atoms with van der Waals surface area (Å²) in [5.41, 5.74) is 6.80. The number of carbonyl (C=O) groups is 1. The van der Waals surface area contributed by atoms with E-state index in [-0.39, 0.29) is 12.5 Å². The van der Waals surface area contributed by atoms with Gasteiger partial charge in [-0.1, -0.05) is 30.3 Å². The highest BCUT2D eigenvalue weighted by Crippen LogP contribution is 2.07. The van der Waals surface area contributed by atoms with E-state index in [0.29, 0.717) is 25.4 Å². The number of hydrogen-bond donors (Lipinski definition) is 1. The van der Waals surface area contributed by atoms with E-state index in [2.05, 4.69) is 17.1 Å². The maximum Gasteiger partial charge on any atom is 0.260 e. The van der Waals surface area contributed by atoms with Crippen LogP contribution in [0.1, 0.15) is 5.56 Å². The lowest BCUT2D eigenvalue weighted by Crippen LogP contribution is -2.39. The zero-order valence-corrected chi connectivity index (χ0v) is 12.5. The van der Waals surface area contributed by atoms with Gasteiger partial charge in [0, 0.05) is 25.8 Å². The predicted molar refractivity (Wildman–Crippen MR) is 85.5 cm³/mol. The quantitative estimate of drug-likeness (QED) is 0.802. The van der Waals surface area contributed by atoms with Crippen molar-refractivity contribution in [3.8, 4) is 5.75 Å². The molecule has 2 rings (SSSR count). The summed E-state index contributed by atoms with van der Waals surface area (Å²) in [4.78, 5) is 17.9. The molecule has 22 heavy (non-hydrogen) atoms. The fraction of sp³-hybridized carbons (Fsp3) is 0.294. The van der Waals surface area contributed by atoms with Gasteiger partial charge < -0.3 is 15.4 Å². The summed E-state index contributed by atoms with van der Waals surface area (Å²) >= 11 is 0. The Bertz CT molecular complexity index is 561. The van der Waals surface area contributed by atoms with E-state index < -0.39 is 0 Å². The smallest absolute Gasteiger partial charge is 0.260 e. The summed E-state index contributed by atoms with van der Waals surface area (Å²) in [6, 6.07) is 13.6. The van der Waals surface area contributed by atoms with Crippen LogP contribution >= 0.6 is 0 Å². The number of rotatable bonds is 8. The number of nitrogens with zero attached hydrogens (tertiary/aromatic N) is 2. The van der Waals surface area contributed by atoms with Crippen LogP contribution in [0.5, 0.6) is 5.75 Å². The molecule has 0 unspecified atom stereocenters. The number of amides is 1. The fourth-order valence-corrected chi connectivity index (χ4v) is 2.09. The van der Waals surface area contributed by atoms with E-state index in [1.54, 1.807) is 29.4 Å². The molecule has 0 spiro atoms. The number of nitrogens with two attached hydrogens (primary N) is 1. The second kappa shape index (κ2) is 8.79. The van der Waals surface area contributed by atoms with Gasteiger partial charge in [-0.3, -0.25) is 9.78 Å². The highest BCUT2D eigenvalue weighted by Gasteiger charge is 2.13. The van der Waals surface area contributed by atoms with Gasteiger partial charge in [-0.25, -0.2) is 0 Å². The minimum Gasteiger partial charge on any atom is -0.482 e. The van der Waals surface area contributed by atoms with Gasteiger partial charge in [0.15, 0.2) is 6.61 Å². The Balaban J connectivity index is 1.85. The first-order valence-electron chi connectivity index (χ1n) is 7.34. The Labute approximate surface area is 130 Å². The zero-order valence-electron chi connectivity index (χ0n) is 12.5. The van der Waals surface area contributed by atoms with Gasteiger partial charge in [-0.2, -0.15) is 0 Å². The van der Waals surface area contributed by atoms with Crippen LogP contribution in [0.3, 0.4) is 0 Å². The number of hydrogen-bond acceptors (Lipinski definition) is 4. The molecule has 0 aliphatic rings. The minimum absolute atomic E-state index is 0.000479. The molecule has 0 atom stereocenters. The Morgan fingerprint density at radius 1 is 1.14 bits per heavy atom. The molecule has 1 aromatic heterocycles. The second-order valence-electron chi connectivity index (χ2n) is 4.88. The Kier molecular flexibility index (Phi) is 6.39. The zero-order chi connectivity index (χ0) is 15.6. The van der Waals surface area contributed by atoms with E-state index in [4.69, 9.17) is 10.5 Å². The summed E-state index contributed by atoms with van der Waals surface area (Å²) in [5.74, 6) is 0.525. The first-order valence-corrected chi connectivity index (χ1v) is 7.34. The van der Waals surface area contributed by atoms with Crippen molar-refractivity contribution >= 4 is 5.91 Å². The molecule has 2 N–H and O–H groups in total. The lowest BCUT2D eigenvalue weighted by atomic mass is 10.1. The van der Waals surface area contributed by atoms with Crippen LogP contribution in [0.25, 0.3) is 0 Å². The molecule has 0 radical (unpaired) electrons. The van der Waals surface area contributed by atoms with Gasteiger partial charge in [0.1, 0.15) is 5.75 Å². The lowest BCUT2D eigenvalue weighted by Gasteiger charge is -2.22. The van der Waals surface area contributed by atoms with E-state index in [9.17, 15) is 4.79 Å². The van der Waals surface area contributed by atoms with Gasteiger partial charge in [0.25, 0.3) is 5.91 Å². The standard InChI is InChI=1S/C17H21N3O2/c18-9-12-20(11-8-15-5-2-1-3-6-15)17(21)14-22-16-7-4-10-19-13-16/h1-7,10,13H,8-9,11-12,14,18H2. The number of aromatic nitrogens is 1. The summed E-state index contributed by atoms with van der Waals surface area (Å²) in [7, 11) is 0. The molecule has 1 amide bonds. The molecule has 0 saturated heterocycles. The predicted octanol–water partition coefficient (Wildman–Crippen LogP) is 1.49. The Morgan fingerprint density at radius 2 is 1.95 bits per heavy atom. The highest BCUT2D eigenvalue weighted by atomic mass is 16.5. The molecule has 0 fully saturated rings. The maximum atomic E-state index is 12.3. The third-order valence-electron chi connectivity index (χ3n) is 3.26. The summed E-state index contributed by atoms with van der Waals surface area (Å²) in [5, 5.41) is 0. The van der Waals surface area contributed by atoms with Crippen LogP contribution in [-0.4, -0.2) is 42.0 Å². The van der Waals surface area contributed by atoms with Crippen molar-refractivity contribution in [3.05, 3.63) is 60.4 Å². The van der Waals surface area contributed by atoms with Crippen molar-refractivity contribution in [2.75, 3.05) is 26.2 Å². The van der Waals surface area contributed by atoms with Crippen molar-refractivity contribution < 1.29 is 9.53 Å². The van der Waals surface area contributed by atoms with Crippen LogP contribution in [0.15, 0.2) is 54.9 Å². The normalized spacial score (nSPS) is 10.2. The minimum atomic E-state index is -0.0646. The molecule has 0 bridgehead atoms. The highest BCUT2D eigenvalue weighted by molar-refractivity contribution is 5.77. The number of ether oxygens (including phenoxy) is 1. The topological polar surface area (TPSA) is 68.5 Å². The van der Waals surface area contributed by atoms with Gasteiger partial charge in [0.2, 0.25) is 0 Å². The molecule has 2 aromatic rings. The summed E-state index contributed by atoms with van der Waals surface area (Å²) < 4.78 is 5.45. The van der Waals surface area contributed by atoms with Gasteiger partial charge in [0.05, 0.1) is 6.20 Å². The number of benzene rings is 1. The molecule has 116 valence electrons. The van der Waals surface area contributed by atoms with E-state index in [1.807, 2.05) is 18.2 Å². The van der Waals surface area contributed by atoms with Crippen LogP contribution < -0.4 is 10.5 Å². The van der Waals surface area contributed by atoms with Crippen LogP contribution in [-0.2, 0) is 11.2 Å². The molecule has 0 saturated carbocycles. The molecule has 5 nitrogen and oxygen atoms in total. The van der Waals surface area contributed by atoms with Crippen LogP contribution in [0.4, 0.5) is 0 Å². The van der Waals surface area contributed by atoms with E-state index in [0.717, 1.165) is 6.42 Å². The first-order chi connectivity index (χ1) is 10.8. The van der Waals surface area contributed by atoms with Gasteiger partial charge in [-0.15, -0.1) is 0 Å². The molecule has 1 heterocycles. The Morgan fingerprint density at radius 3 is 2.64 bits per heavy atom. The lowest BCUT2D eigenvalue weighted by molar-refractivity contribution is -0.133. The Hall–Kier alpha value is -2.40. The van der Waals surface area contributed by atoms with Crippen molar-refractivity contribution in [1.29, 1.82) is 0 Å². The van der Waals surface area contributed by atoms with Crippen molar-refractivity contribution in [1.82, 2.24) is 9.88 Å². The van der Waals surface area contributed by atoms with Crippen LogP contribution in [0, 0.1) is 0 Å². The third kappa shape index (κ3) is 5.18. The average molecular weight is 299 g/mol. The van der Waals surface area contributed by atoms with Gasteiger partial charge in [-0.05, 0) is 24.1 Å². The summed E-state index contributed by atoms with van der Waals surface area (Å²) in [6.45, 7) is 1.60. The second-order valence-corrected chi connectivity index (χ2v) is 4.88. The summed E-state index contributed by atoms with van der Waals surface area (Å²) in [6.07, 6.45) is 4.05. The molecule has 0 aliphatic carbocycles. The third-order valence-corrected chi connectivity index (χ3v) is 3.26. The molecule has 5 heteroatoms. The fourth-order valence-electron chi connectivity index (χ4n) is 2.09. The van der Waals surface area contributed by atoms with E-state index >= 15 is 0 Å². The largest absolute Gasteiger partial charge is 0.482 e. The van der Waals surface area contributed by atoms with Crippen LogP contribution in [0.2, 0.25) is 0 Å². The molecular weight excluding hydrogens is 278 g/mol. The van der Waals surface area contributed by atoms with Crippen molar-refractivity contribution in [2.24, 2.45) is 5.73 Å². The van der Waals surface area contributed by atoms with E-state index in [1.165, 1.54) is 5.56 Å². The molecular formula is C17H21N3O2. The average Bonchev–Trinajstić information content (AvgIpc) is 2.58. The number of pyridine rings is 1. The first kappa shape index (κ1) is 16.0. The van der Waals surface area contributed by atoms with Crippen molar-refractivity contribution in [3.63, 3.8) is 0 Å². The number of carbonyl (C=O) groups excluding carboxylic acids is 1. The monoisotopic (exact) mass is 299 g/mol. The molecule has 1 aromatic carbocycles. The molecule has 0 aliphatic heterocycles. The SMILES string of the molecule is NCCN(CCc1ccccc1)C(=O)COc1cccnc1. The van der Waals surface area contributed by atoms with Gasteiger partial charge >= 0.3 is 0 Å². The van der Waals surface area contributed by atoms with Crippen molar-refractivity contribution in [2.45, 2.75) is 6.42 Å².